The SMILES string of the molecule is Cc1ccc(C(=O)O)c(NC(C)Cn2ccnc2)n1. The number of imidazole rings is 1. The number of hydrogen-bond acceptors (Lipinski definition) is 4. The first-order valence-corrected chi connectivity index (χ1v) is 5.99. The monoisotopic (exact) mass is 260 g/mol. The van der Waals surface area contributed by atoms with Crippen molar-refractivity contribution in [2.45, 2.75) is 26.4 Å². The number of aryl methyl sites for hydroxylation is 1. The maximum absolute atomic E-state index is 11.1. The molecule has 0 saturated carbocycles. The lowest BCUT2D eigenvalue weighted by Crippen LogP contribution is -2.23. The summed E-state index contributed by atoms with van der Waals surface area (Å²) in [5.41, 5.74) is 0.963. The first kappa shape index (κ1) is 13.1. The minimum Gasteiger partial charge on any atom is -0.478 e. The molecule has 6 nitrogen and oxygen atoms in total. The van der Waals surface area contributed by atoms with Crippen LogP contribution in [0, 0.1) is 6.92 Å². The lowest BCUT2D eigenvalue weighted by molar-refractivity contribution is 0.0697. The molecule has 19 heavy (non-hydrogen) atoms. The van der Waals surface area contributed by atoms with Gasteiger partial charge in [-0.05, 0) is 26.0 Å². The summed E-state index contributed by atoms with van der Waals surface area (Å²) in [7, 11) is 0. The van der Waals surface area contributed by atoms with Crippen molar-refractivity contribution in [2.24, 2.45) is 0 Å². The Hall–Kier alpha value is -2.37. The van der Waals surface area contributed by atoms with E-state index >= 15 is 0 Å². The number of aromatic nitrogens is 3. The van der Waals surface area contributed by atoms with Crippen LogP contribution in [0.15, 0.2) is 30.9 Å². The van der Waals surface area contributed by atoms with Gasteiger partial charge in [0.25, 0.3) is 0 Å². The molecule has 2 rings (SSSR count). The zero-order valence-corrected chi connectivity index (χ0v) is 10.9. The summed E-state index contributed by atoms with van der Waals surface area (Å²) in [6.07, 6.45) is 5.29. The predicted octanol–water partition coefficient (Wildman–Crippen LogP) is 1.79. The molecule has 0 saturated heterocycles. The minimum absolute atomic E-state index is 0.0431. The lowest BCUT2D eigenvalue weighted by Gasteiger charge is -2.16. The molecule has 0 aromatic carbocycles. The molecule has 0 aliphatic heterocycles. The number of aromatic carboxylic acids is 1. The van der Waals surface area contributed by atoms with Gasteiger partial charge in [0.15, 0.2) is 0 Å². The number of carbonyl (C=O) groups is 1. The maximum Gasteiger partial charge on any atom is 0.339 e. The van der Waals surface area contributed by atoms with Crippen molar-refractivity contribution in [3.63, 3.8) is 0 Å². The van der Waals surface area contributed by atoms with Crippen LogP contribution < -0.4 is 5.32 Å². The second kappa shape index (κ2) is 5.51. The average molecular weight is 260 g/mol. The Morgan fingerprint density at radius 2 is 2.32 bits per heavy atom. The fourth-order valence-electron chi connectivity index (χ4n) is 1.83. The van der Waals surface area contributed by atoms with E-state index in [9.17, 15) is 4.79 Å². The van der Waals surface area contributed by atoms with E-state index in [2.05, 4.69) is 15.3 Å². The van der Waals surface area contributed by atoms with Crippen LogP contribution in [0.4, 0.5) is 5.82 Å². The van der Waals surface area contributed by atoms with Crippen molar-refractivity contribution in [1.82, 2.24) is 14.5 Å². The molecular formula is C13H16N4O2. The van der Waals surface area contributed by atoms with Crippen LogP contribution in [0.1, 0.15) is 23.0 Å². The number of rotatable bonds is 5. The van der Waals surface area contributed by atoms with E-state index in [1.54, 1.807) is 24.7 Å². The second-order valence-corrected chi connectivity index (χ2v) is 4.46. The Bertz CT molecular complexity index is 566. The lowest BCUT2D eigenvalue weighted by atomic mass is 10.2. The first-order chi connectivity index (χ1) is 9.06. The number of carboxylic acids is 1. The molecule has 0 bridgehead atoms. The zero-order chi connectivity index (χ0) is 13.8. The molecule has 0 aliphatic rings. The molecule has 0 fully saturated rings. The summed E-state index contributed by atoms with van der Waals surface area (Å²) < 4.78 is 1.92. The van der Waals surface area contributed by atoms with E-state index in [1.165, 1.54) is 0 Å². The molecule has 0 radical (unpaired) electrons. The molecule has 2 heterocycles. The van der Waals surface area contributed by atoms with Gasteiger partial charge < -0.3 is 15.0 Å². The van der Waals surface area contributed by atoms with Crippen LogP contribution in [0.25, 0.3) is 0 Å². The van der Waals surface area contributed by atoms with Gasteiger partial charge >= 0.3 is 5.97 Å². The van der Waals surface area contributed by atoms with Gasteiger partial charge in [0.05, 0.1) is 6.33 Å². The Kier molecular flexibility index (Phi) is 3.79. The summed E-state index contributed by atoms with van der Waals surface area (Å²) in [6, 6.07) is 3.30. The third-order valence-electron chi connectivity index (χ3n) is 2.69. The molecule has 2 aromatic rings. The van der Waals surface area contributed by atoms with Gasteiger partial charge in [-0.1, -0.05) is 0 Å². The highest BCUT2D eigenvalue weighted by Gasteiger charge is 2.13. The number of carboxylic acid groups (broad SMARTS) is 1. The fourth-order valence-corrected chi connectivity index (χ4v) is 1.83. The third kappa shape index (κ3) is 3.31. The van der Waals surface area contributed by atoms with Crippen LogP contribution in [0.3, 0.4) is 0 Å². The average Bonchev–Trinajstić information content (AvgIpc) is 2.81. The molecular weight excluding hydrogens is 244 g/mol. The van der Waals surface area contributed by atoms with Gasteiger partial charge in [-0.3, -0.25) is 0 Å². The summed E-state index contributed by atoms with van der Waals surface area (Å²) in [4.78, 5) is 19.4. The van der Waals surface area contributed by atoms with Crippen LogP contribution >= 0.6 is 0 Å². The van der Waals surface area contributed by atoms with Gasteiger partial charge in [0, 0.05) is 30.7 Å². The van der Waals surface area contributed by atoms with Crippen molar-refractivity contribution in [2.75, 3.05) is 5.32 Å². The van der Waals surface area contributed by atoms with Crippen LogP contribution in [-0.4, -0.2) is 31.7 Å². The molecule has 0 amide bonds. The van der Waals surface area contributed by atoms with Crippen LogP contribution in [0.2, 0.25) is 0 Å². The Morgan fingerprint density at radius 3 is 2.95 bits per heavy atom. The largest absolute Gasteiger partial charge is 0.478 e. The Labute approximate surface area is 111 Å². The van der Waals surface area contributed by atoms with Crippen molar-refractivity contribution >= 4 is 11.8 Å². The Balaban J connectivity index is 2.13. The molecule has 2 aromatic heterocycles. The fraction of sp³-hybridized carbons (Fsp3) is 0.308. The summed E-state index contributed by atoms with van der Waals surface area (Å²) in [6.45, 7) is 4.49. The standard InChI is InChI=1S/C13H16N4O2/c1-9-3-4-11(13(18)19)12(15-9)16-10(2)7-17-6-5-14-8-17/h3-6,8,10H,7H2,1-2H3,(H,15,16)(H,18,19). The smallest absolute Gasteiger partial charge is 0.339 e. The second-order valence-electron chi connectivity index (χ2n) is 4.46. The van der Waals surface area contributed by atoms with Gasteiger partial charge in [0.2, 0.25) is 0 Å². The molecule has 0 aliphatic carbocycles. The zero-order valence-electron chi connectivity index (χ0n) is 10.9. The topological polar surface area (TPSA) is 80.0 Å². The van der Waals surface area contributed by atoms with Crippen molar-refractivity contribution in [1.29, 1.82) is 0 Å². The van der Waals surface area contributed by atoms with Crippen molar-refractivity contribution in [3.8, 4) is 0 Å². The van der Waals surface area contributed by atoms with Gasteiger partial charge in [-0.15, -0.1) is 0 Å². The highest BCUT2D eigenvalue weighted by Crippen LogP contribution is 2.15. The number of pyridine rings is 1. The van der Waals surface area contributed by atoms with Gasteiger partial charge in [0.1, 0.15) is 11.4 Å². The molecule has 6 heteroatoms. The van der Waals surface area contributed by atoms with E-state index < -0.39 is 5.97 Å². The predicted molar refractivity (Wildman–Crippen MR) is 71.2 cm³/mol. The number of nitrogens with zero attached hydrogens (tertiary/aromatic N) is 3. The van der Waals surface area contributed by atoms with Crippen molar-refractivity contribution in [3.05, 3.63) is 42.1 Å². The van der Waals surface area contributed by atoms with E-state index in [-0.39, 0.29) is 11.6 Å². The number of anilines is 1. The van der Waals surface area contributed by atoms with Gasteiger partial charge in [-0.25, -0.2) is 14.8 Å². The Morgan fingerprint density at radius 1 is 1.53 bits per heavy atom. The summed E-state index contributed by atoms with van der Waals surface area (Å²) >= 11 is 0. The quantitative estimate of drug-likeness (QED) is 0.856. The number of hydrogen-bond donors (Lipinski definition) is 2. The maximum atomic E-state index is 11.1. The van der Waals surface area contributed by atoms with E-state index in [0.29, 0.717) is 12.4 Å². The van der Waals surface area contributed by atoms with Crippen LogP contribution in [0.5, 0.6) is 0 Å². The van der Waals surface area contributed by atoms with E-state index in [1.807, 2.05) is 24.6 Å². The minimum atomic E-state index is -0.982. The molecule has 2 N–H and O–H groups in total. The van der Waals surface area contributed by atoms with Crippen molar-refractivity contribution < 1.29 is 9.90 Å². The normalized spacial score (nSPS) is 12.1. The first-order valence-electron chi connectivity index (χ1n) is 5.99. The highest BCUT2D eigenvalue weighted by atomic mass is 16.4. The van der Waals surface area contributed by atoms with E-state index in [0.717, 1.165) is 5.69 Å². The van der Waals surface area contributed by atoms with Gasteiger partial charge in [-0.2, -0.15) is 0 Å². The third-order valence-corrected chi connectivity index (χ3v) is 2.69. The summed E-state index contributed by atoms with van der Waals surface area (Å²) in [5.74, 6) is -0.579. The molecule has 1 unspecified atom stereocenters. The molecule has 1 atom stereocenters. The highest BCUT2D eigenvalue weighted by molar-refractivity contribution is 5.93. The van der Waals surface area contributed by atoms with E-state index in [4.69, 9.17) is 5.11 Å². The number of nitrogens with one attached hydrogen (secondary N) is 1. The molecule has 100 valence electrons. The molecule has 0 spiro atoms. The van der Waals surface area contributed by atoms with Crippen LogP contribution in [-0.2, 0) is 6.54 Å². The summed E-state index contributed by atoms with van der Waals surface area (Å²) in [5, 5.41) is 12.3.